The molecule has 0 unspecified atom stereocenters. The molecule has 0 fully saturated rings. The number of nitrogens with two attached hydrogens (primary N) is 7. The Morgan fingerprint density at radius 2 is 0.848 bits per heavy atom. The van der Waals surface area contributed by atoms with Gasteiger partial charge in [-0.2, -0.15) is 0 Å². The molecule has 13 amide bonds. The molecule has 10 atom stereocenters. The summed E-state index contributed by atoms with van der Waals surface area (Å²) in [6.07, 6.45) is 0.0123. The van der Waals surface area contributed by atoms with Gasteiger partial charge in [0, 0.05) is 26.1 Å². The van der Waals surface area contributed by atoms with Crippen LogP contribution >= 0.6 is 0 Å². The number of aliphatic hydroxyl groups is 2. The van der Waals surface area contributed by atoms with E-state index >= 15 is 0 Å². The first-order valence-electron chi connectivity index (χ1n) is 32.1. The first-order valence-corrected chi connectivity index (χ1v) is 32.1. The molecule has 0 heterocycles. The summed E-state index contributed by atoms with van der Waals surface area (Å²) in [5, 5.41) is 62.4. The number of unbranched alkanes of at least 4 members (excludes halogenated alkanes) is 2. The molecule has 0 aliphatic heterocycles. The lowest BCUT2D eigenvalue weighted by atomic mass is 10.0. The van der Waals surface area contributed by atoms with Crippen molar-refractivity contribution < 1.29 is 77.6 Å². The predicted molar refractivity (Wildman–Crippen MR) is 361 cm³/mol. The van der Waals surface area contributed by atoms with Crippen molar-refractivity contribution in [1.82, 2.24) is 69.1 Å². The van der Waals surface area contributed by atoms with Crippen LogP contribution in [0.4, 0.5) is 0 Å². The van der Waals surface area contributed by atoms with Gasteiger partial charge in [0.2, 0.25) is 76.8 Å². The fraction of sp³-hybridized carbons (Fsp3) is 0.557. The van der Waals surface area contributed by atoms with E-state index in [9.17, 15) is 77.6 Å². The third-order valence-corrected chi connectivity index (χ3v) is 14.5. The SMILES string of the molecule is C[C@H](NC(=O)CNC(=O)[C@H](NC(=O)[C@H](Cc1ccccc1)NC(=O)CNC(=O)CNC(=O)CNCc1ccc(O)cc1)[C@@H](C)O)C(=O)N[C@@H](CCCN=C(N)N)C(=O)N[C@@H](CCCCN)C(=O)N[C@@H](CO)C(=O)N[C@@H](C)C(=O)N[C@@H](CCCN=C(N)N)C(=O)N[C@@H](CCCCN)C(N)=O. The Balaban J connectivity index is 2.16. The van der Waals surface area contributed by atoms with Crippen LogP contribution in [0.1, 0.15) is 96.1 Å². The number of carbonyl (C=O) groups is 13. The van der Waals surface area contributed by atoms with Crippen LogP contribution in [0.3, 0.4) is 0 Å². The summed E-state index contributed by atoms with van der Waals surface area (Å²) < 4.78 is 0. The summed E-state index contributed by atoms with van der Waals surface area (Å²) in [5.41, 5.74) is 40.0. The molecule has 0 saturated heterocycles. The minimum atomic E-state index is -1.73. The summed E-state index contributed by atoms with van der Waals surface area (Å²) in [7, 11) is 0. The Kier molecular flexibility index (Phi) is 40.1. The molecule has 0 bridgehead atoms. The van der Waals surface area contributed by atoms with Crippen molar-refractivity contribution in [2.45, 2.75) is 158 Å². The summed E-state index contributed by atoms with van der Waals surface area (Å²) in [5.74, 6) is -11.9. The van der Waals surface area contributed by atoms with Crippen molar-refractivity contribution in [3.63, 3.8) is 0 Å². The maximum Gasteiger partial charge on any atom is 0.245 e. The van der Waals surface area contributed by atoms with Crippen molar-refractivity contribution in [3.8, 4) is 5.75 Å². The molecule has 2 aromatic carbocycles. The van der Waals surface area contributed by atoms with Gasteiger partial charge >= 0.3 is 0 Å². The van der Waals surface area contributed by atoms with Gasteiger partial charge in [0.1, 0.15) is 60.1 Å². The minimum Gasteiger partial charge on any atom is -0.508 e. The average molecular weight is 1400 g/mol. The molecular formula is C61H100N22O16. The van der Waals surface area contributed by atoms with Crippen LogP contribution < -0.4 is 109 Å². The fourth-order valence-electron chi connectivity index (χ4n) is 9.08. The maximum absolute atomic E-state index is 14.1. The molecule has 2 aromatic rings. The molecular weight excluding hydrogens is 1300 g/mol. The van der Waals surface area contributed by atoms with Gasteiger partial charge < -0.3 is 125 Å². The zero-order valence-corrected chi connectivity index (χ0v) is 55.9. The number of aliphatic imine (C=N–C) groups is 2. The molecule has 550 valence electrons. The van der Waals surface area contributed by atoms with E-state index in [-0.39, 0.29) is 95.2 Å². The van der Waals surface area contributed by atoms with Gasteiger partial charge in [-0.05, 0) is 121 Å². The second-order valence-corrected chi connectivity index (χ2v) is 23.0. The number of nitrogens with one attached hydrogen (secondary N) is 13. The smallest absolute Gasteiger partial charge is 0.245 e. The van der Waals surface area contributed by atoms with E-state index in [1.807, 2.05) is 0 Å². The zero-order chi connectivity index (χ0) is 74.0. The molecule has 0 spiro atoms. The number of primary amides is 1. The number of guanidine groups is 2. The number of aromatic hydroxyl groups is 1. The number of aliphatic hydroxyl groups excluding tert-OH is 2. The first kappa shape index (κ1) is 84.8. The Bertz CT molecular complexity index is 3030. The molecule has 30 N–H and O–H groups in total. The standard InChI is InChI=1S/C61H100N22O16/c1-34(75-48(89)32-74-59(99)50(36(3)85)83-57(97)44(27-37-13-5-4-6-14-37)77-49(90)31-73-47(88)30-72-46(87)29-69-28-38-19-21-39(86)22-20-38)52(92)79-43(18-12-26-71-61(67)68)55(95)81-41(16-8-10-24-63)56(96)82-45(33-84)58(98)76-35(2)53(93)80-42(17-11-25-70-60(65)66)54(94)78-40(51(64)91)15-7-9-23-62/h4-6,13-14,19-22,34-36,40-45,50,69,84-86H,7-12,15-18,23-33,62-63H2,1-3H3,(H2,64,91)(H,72,87)(H,73,88)(H,74,99)(H,75,89)(H,76,98)(H,77,90)(H,78,94)(H,79,92)(H,80,93)(H,81,95)(H,82,96)(H,83,97)(H4,65,66,70)(H4,67,68,71)/t34-,35-,36+,40-,41-,42-,43-,44-,45-,50+/m0/s1. The van der Waals surface area contributed by atoms with Crippen molar-refractivity contribution in [3.05, 3.63) is 65.7 Å². The highest BCUT2D eigenvalue weighted by Crippen LogP contribution is 2.11. The molecule has 38 heteroatoms. The van der Waals surface area contributed by atoms with Gasteiger partial charge in [-0.3, -0.25) is 72.3 Å². The van der Waals surface area contributed by atoms with Crippen LogP contribution in [0.25, 0.3) is 0 Å². The van der Waals surface area contributed by atoms with E-state index in [0.717, 1.165) is 5.56 Å². The number of hydrogen-bond acceptors (Lipinski definition) is 21. The number of phenols is 1. The fourth-order valence-corrected chi connectivity index (χ4v) is 9.08. The van der Waals surface area contributed by atoms with E-state index in [0.29, 0.717) is 37.9 Å². The monoisotopic (exact) mass is 1400 g/mol. The highest BCUT2D eigenvalue weighted by Gasteiger charge is 2.34. The van der Waals surface area contributed by atoms with E-state index in [1.165, 1.54) is 32.9 Å². The van der Waals surface area contributed by atoms with Crippen molar-refractivity contribution >= 4 is 88.7 Å². The third kappa shape index (κ3) is 35.5. The number of rotatable bonds is 48. The van der Waals surface area contributed by atoms with Crippen LogP contribution in [0.15, 0.2) is 64.6 Å². The molecule has 38 nitrogen and oxygen atoms in total. The van der Waals surface area contributed by atoms with Gasteiger partial charge in [0.15, 0.2) is 11.9 Å². The molecule has 0 radical (unpaired) electrons. The number of hydrogen-bond donors (Lipinski definition) is 23. The largest absolute Gasteiger partial charge is 0.508 e. The van der Waals surface area contributed by atoms with Crippen LogP contribution in [-0.4, -0.2) is 223 Å². The third-order valence-electron chi connectivity index (χ3n) is 14.5. The molecule has 99 heavy (non-hydrogen) atoms. The highest BCUT2D eigenvalue weighted by molar-refractivity contribution is 5.99. The maximum atomic E-state index is 14.1. The van der Waals surface area contributed by atoms with E-state index in [2.05, 4.69) is 79.1 Å². The quantitative estimate of drug-likeness (QED) is 0.0166. The Morgan fingerprint density at radius 1 is 0.424 bits per heavy atom. The van der Waals surface area contributed by atoms with Crippen molar-refractivity contribution in [1.29, 1.82) is 0 Å². The van der Waals surface area contributed by atoms with Gasteiger partial charge in [-0.1, -0.05) is 42.5 Å². The first-order chi connectivity index (χ1) is 47.0. The molecule has 0 aromatic heterocycles. The normalized spacial score (nSPS) is 13.8. The van der Waals surface area contributed by atoms with Gasteiger partial charge in [-0.25, -0.2) is 0 Å². The van der Waals surface area contributed by atoms with E-state index < -0.39 is 164 Å². The van der Waals surface area contributed by atoms with Gasteiger partial charge in [0.25, 0.3) is 0 Å². The predicted octanol–water partition coefficient (Wildman–Crippen LogP) is -9.30. The molecule has 0 aliphatic rings. The summed E-state index contributed by atoms with van der Waals surface area (Å²) >= 11 is 0. The minimum absolute atomic E-state index is 0.0268. The molecule has 0 saturated carbocycles. The lowest BCUT2D eigenvalue weighted by Crippen LogP contribution is -2.60. The Morgan fingerprint density at radius 3 is 1.34 bits per heavy atom. The number of amides is 13. The lowest BCUT2D eigenvalue weighted by Gasteiger charge is -2.26. The lowest BCUT2D eigenvalue weighted by molar-refractivity contribution is -0.136. The number of benzene rings is 2. The number of carbonyl (C=O) groups excluding carboxylic acids is 13. The van der Waals surface area contributed by atoms with Crippen LogP contribution in [-0.2, 0) is 75.3 Å². The second kappa shape index (κ2) is 46.8. The number of phenolic OH excluding ortho intramolecular Hbond substituents is 1. The molecule has 2 rings (SSSR count). The molecule has 0 aliphatic carbocycles. The topological polar surface area (TPSA) is 646 Å². The summed E-state index contributed by atoms with van der Waals surface area (Å²) in [4.78, 5) is 181. The van der Waals surface area contributed by atoms with E-state index in [4.69, 9.17) is 40.1 Å². The van der Waals surface area contributed by atoms with E-state index in [1.54, 1.807) is 42.5 Å². The van der Waals surface area contributed by atoms with Gasteiger partial charge in [0.05, 0.1) is 38.9 Å². The highest BCUT2D eigenvalue weighted by atomic mass is 16.3. The Hall–Kier alpha value is -10.3. The zero-order valence-electron chi connectivity index (χ0n) is 55.9. The average Bonchev–Trinajstić information content (AvgIpc) is 0.896. The van der Waals surface area contributed by atoms with Crippen LogP contribution in [0, 0.1) is 0 Å². The number of nitrogens with zero attached hydrogens (tertiary/aromatic N) is 2. The Labute approximate surface area is 572 Å². The summed E-state index contributed by atoms with van der Waals surface area (Å²) in [6, 6.07) is 1.70. The second-order valence-electron chi connectivity index (χ2n) is 23.0. The van der Waals surface area contributed by atoms with Crippen LogP contribution in [0.5, 0.6) is 5.75 Å². The van der Waals surface area contributed by atoms with Gasteiger partial charge in [-0.15, -0.1) is 0 Å². The van der Waals surface area contributed by atoms with Crippen molar-refractivity contribution in [2.24, 2.45) is 50.1 Å². The van der Waals surface area contributed by atoms with Crippen molar-refractivity contribution in [2.75, 3.05) is 59.0 Å². The summed E-state index contributed by atoms with van der Waals surface area (Å²) in [6.45, 7) is 1.39. The van der Waals surface area contributed by atoms with Crippen LogP contribution in [0.2, 0.25) is 0 Å².